The van der Waals surface area contributed by atoms with Crippen molar-refractivity contribution in [3.63, 3.8) is 0 Å². The van der Waals surface area contributed by atoms with Crippen LogP contribution in [0.4, 0.5) is 0 Å². The minimum absolute atomic E-state index is 0.00477. The molecule has 0 saturated heterocycles. The molecule has 3 rings (SSSR count). The second-order valence-electron chi connectivity index (χ2n) is 5.09. The summed E-state index contributed by atoms with van der Waals surface area (Å²) in [7, 11) is 0. The second-order valence-corrected chi connectivity index (χ2v) is 5.50. The zero-order chi connectivity index (χ0) is 14.3. The monoisotopic (exact) mass is 289 g/mol. The number of halogens is 1. The average molecular weight is 290 g/mol. The molecular weight excluding hydrogens is 274 g/mol. The summed E-state index contributed by atoms with van der Waals surface area (Å²) >= 11 is 6.06. The van der Waals surface area contributed by atoms with E-state index in [9.17, 15) is 0 Å². The number of hydrogen-bond acceptors (Lipinski definition) is 3. The molecule has 1 aliphatic carbocycles. The number of nitrogens with two attached hydrogens (primary N) is 1. The van der Waals surface area contributed by atoms with Gasteiger partial charge in [-0.05, 0) is 44.2 Å². The SMILES string of the molecule is Cc1nn(-c2nc3c(cc2C(=N)N)CCCC3)cc1Cl. The first kappa shape index (κ1) is 13.1. The summed E-state index contributed by atoms with van der Waals surface area (Å²) in [6.45, 7) is 1.84. The van der Waals surface area contributed by atoms with Crippen molar-refractivity contribution in [3.8, 4) is 5.82 Å². The van der Waals surface area contributed by atoms with Crippen molar-refractivity contribution in [2.24, 2.45) is 5.73 Å². The lowest BCUT2D eigenvalue weighted by Gasteiger charge is -2.18. The Morgan fingerprint density at radius 1 is 1.40 bits per heavy atom. The van der Waals surface area contributed by atoms with Gasteiger partial charge in [-0.2, -0.15) is 5.10 Å². The average Bonchev–Trinajstić information content (AvgIpc) is 2.77. The van der Waals surface area contributed by atoms with E-state index in [4.69, 9.17) is 22.7 Å². The summed E-state index contributed by atoms with van der Waals surface area (Å²) in [5, 5.41) is 12.7. The molecule has 0 atom stereocenters. The molecule has 3 N–H and O–H groups in total. The first-order valence-corrected chi connectivity index (χ1v) is 7.03. The number of pyridine rings is 1. The number of nitrogens with zero attached hydrogens (tertiary/aromatic N) is 3. The molecule has 2 heterocycles. The summed E-state index contributed by atoms with van der Waals surface area (Å²) in [5.41, 5.74) is 9.33. The summed E-state index contributed by atoms with van der Waals surface area (Å²) in [5.74, 6) is 0.596. The van der Waals surface area contributed by atoms with Gasteiger partial charge in [0.05, 0.1) is 22.5 Å². The van der Waals surface area contributed by atoms with Gasteiger partial charge in [0.1, 0.15) is 5.84 Å². The van der Waals surface area contributed by atoms with Crippen molar-refractivity contribution in [1.82, 2.24) is 14.8 Å². The van der Waals surface area contributed by atoms with Gasteiger partial charge in [-0.15, -0.1) is 0 Å². The van der Waals surface area contributed by atoms with Crippen molar-refractivity contribution in [2.45, 2.75) is 32.6 Å². The standard InChI is InChI=1S/C14H16ClN5/c1-8-11(15)7-20(19-8)14-10(13(16)17)6-9-4-2-3-5-12(9)18-14/h6-7H,2-5H2,1H3,(H3,16,17). The third-order valence-corrected chi connectivity index (χ3v) is 4.00. The molecule has 5 nitrogen and oxygen atoms in total. The van der Waals surface area contributed by atoms with Crippen LogP contribution in [0, 0.1) is 12.3 Å². The van der Waals surface area contributed by atoms with Gasteiger partial charge in [-0.25, -0.2) is 9.67 Å². The first-order chi connectivity index (χ1) is 9.56. The lowest BCUT2D eigenvalue weighted by atomic mass is 9.94. The summed E-state index contributed by atoms with van der Waals surface area (Å²) in [6, 6.07) is 1.98. The van der Waals surface area contributed by atoms with Crippen LogP contribution in [0.5, 0.6) is 0 Å². The Balaban J connectivity index is 2.19. The van der Waals surface area contributed by atoms with Crippen molar-refractivity contribution in [3.05, 3.63) is 39.8 Å². The van der Waals surface area contributed by atoms with Gasteiger partial charge in [0, 0.05) is 5.69 Å². The van der Waals surface area contributed by atoms with Crippen LogP contribution in [-0.4, -0.2) is 20.6 Å². The van der Waals surface area contributed by atoms with Gasteiger partial charge in [-0.1, -0.05) is 11.6 Å². The van der Waals surface area contributed by atoms with Gasteiger partial charge in [0.2, 0.25) is 0 Å². The van der Waals surface area contributed by atoms with Crippen molar-refractivity contribution in [2.75, 3.05) is 0 Å². The van der Waals surface area contributed by atoms with E-state index in [1.807, 2.05) is 13.0 Å². The largest absolute Gasteiger partial charge is 0.384 e. The summed E-state index contributed by atoms with van der Waals surface area (Å²) in [4.78, 5) is 4.68. The number of rotatable bonds is 2. The van der Waals surface area contributed by atoms with Gasteiger partial charge in [0.15, 0.2) is 5.82 Å². The second kappa shape index (κ2) is 4.90. The van der Waals surface area contributed by atoms with E-state index < -0.39 is 0 Å². The molecule has 0 saturated carbocycles. The molecule has 0 radical (unpaired) electrons. The van der Waals surface area contributed by atoms with Crippen LogP contribution in [0.15, 0.2) is 12.3 Å². The van der Waals surface area contributed by atoms with E-state index in [1.165, 1.54) is 5.56 Å². The molecule has 2 aromatic rings. The number of hydrogen-bond donors (Lipinski definition) is 2. The first-order valence-electron chi connectivity index (χ1n) is 6.65. The van der Waals surface area contributed by atoms with Crippen molar-refractivity contribution < 1.29 is 0 Å². The van der Waals surface area contributed by atoms with E-state index in [2.05, 4.69) is 10.1 Å². The van der Waals surface area contributed by atoms with E-state index in [0.29, 0.717) is 16.4 Å². The van der Waals surface area contributed by atoms with Crippen LogP contribution < -0.4 is 5.73 Å². The fraction of sp³-hybridized carbons (Fsp3) is 0.357. The highest BCUT2D eigenvalue weighted by Gasteiger charge is 2.18. The Kier molecular flexibility index (Phi) is 3.22. The normalized spacial score (nSPS) is 14.1. The van der Waals surface area contributed by atoms with Gasteiger partial charge < -0.3 is 5.73 Å². The Bertz CT molecular complexity index is 670. The lowest BCUT2D eigenvalue weighted by Crippen LogP contribution is -2.19. The van der Waals surface area contributed by atoms with E-state index >= 15 is 0 Å². The summed E-state index contributed by atoms with van der Waals surface area (Å²) < 4.78 is 1.61. The molecule has 0 spiro atoms. The molecule has 20 heavy (non-hydrogen) atoms. The fourth-order valence-corrected chi connectivity index (χ4v) is 2.67. The molecule has 2 aromatic heterocycles. The smallest absolute Gasteiger partial charge is 0.164 e. The van der Waals surface area contributed by atoms with Crippen molar-refractivity contribution >= 4 is 17.4 Å². The predicted octanol–water partition coefficient (Wildman–Crippen LogP) is 2.39. The molecule has 0 aliphatic heterocycles. The fourth-order valence-electron chi connectivity index (χ4n) is 2.54. The number of nitrogen functional groups attached to an aromatic ring is 1. The predicted molar refractivity (Wildman–Crippen MR) is 78.8 cm³/mol. The van der Waals surface area contributed by atoms with Crippen LogP contribution >= 0.6 is 11.6 Å². The zero-order valence-electron chi connectivity index (χ0n) is 11.3. The minimum Gasteiger partial charge on any atom is -0.384 e. The van der Waals surface area contributed by atoms with E-state index in [1.54, 1.807) is 10.9 Å². The van der Waals surface area contributed by atoms with Crippen LogP contribution in [0.25, 0.3) is 5.82 Å². The highest BCUT2D eigenvalue weighted by Crippen LogP contribution is 2.25. The van der Waals surface area contributed by atoms with Crippen LogP contribution in [0.3, 0.4) is 0 Å². The molecule has 0 amide bonds. The van der Waals surface area contributed by atoms with Crippen LogP contribution in [0.2, 0.25) is 5.02 Å². The maximum Gasteiger partial charge on any atom is 0.164 e. The Morgan fingerprint density at radius 2 is 2.15 bits per heavy atom. The number of fused-ring (bicyclic) bond motifs is 1. The molecule has 0 unspecified atom stereocenters. The maximum atomic E-state index is 7.77. The number of aryl methyl sites for hydroxylation is 3. The molecule has 0 fully saturated rings. The van der Waals surface area contributed by atoms with Crippen molar-refractivity contribution in [1.29, 1.82) is 5.41 Å². The van der Waals surface area contributed by atoms with E-state index in [-0.39, 0.29) is 5.84 Å². The highest BCUT2D eigenvalue weighted by molar-refractivity contribution is 6.31. The minimum atomic E-state index is 0.00477. The molecule has 104 valence electrons. The number of amidine groups is 1. The quantitative estimate of drug-likeness (QED) is 0.658. The van der Waals surface area contributed by atoms with Gasteiger partial charge >= 0.3 is 0 Å². The third kappa shape index (κ3) is 2.18. The zero-order valence-corrected chi connectivity index (χ0v) is 12.0. The topological polar surface area (TPSA) is 80.6 Å². The third-order valence-electron chi connectivity index (χ3n) is 3.63. The van der Waals surface area contributed by atoms with Crippen LogP contribution in [-0.2, 0) is 12.8 Å². The molecule has 6 heteroatoms. The molecule has 1 aliphatic rings. The van der Waals surface area contributed by atoms with Gasteiger partial charge in [-0.3, -0.25) is 5.41 Å². The molecule has 0 bridgehead atoms. The lowest BCUT2D eigenvalue weighted by molar-refractivity contribution is 0.661. The van der Waals surface area contributed by atoms with E-state index in [0.717, 1.165) is 37.1 Å². The summed E-state index contributed by atoms with van der Waals surface area (Å²) in [6.07, 6.45) is 5.99. The Hall–Kier alpha value is -1.88. The molecule has 0 aromatic carbocycles. The van der Waals surface area contributed by atoms with Crippen LogP contribution in [0.1, 0.15) is 35.4 Å². The number of aromatic nitrogens is 3. The highest BCUT2D eigenvalue weighted by atomic mass is 35.5. The molecular formula is C14H16ClN5. The Labute approximate surface area is 122 Å². The Morgan fingerprint density at radius 3 is 2.80 bits per heavy atom. The van der Waals surface area contributed by atoms with Gasteiger partial charge in [0.25, 0.3) is 0 Å². The number of nitrogens with one attached hydrogen (secondary N) is 1. The maximum absolute atomic E-state index is 7.77.